The molecule has 3 nitrogen and oxygen atoms in total. The van der Waals surface area contributed by atoms with Gasteiger partial charge in [-0.25, -0.2) is 4.98 Å². The van der Waals surface area contributed by atoms with E-state index in [-0.39, 0.29) is 0 Å². The van der Waals surface area contributed by atoms with E-state index in [1.807, 2.05) is 23.6 Å². The van der Waals surface area contributed by atoms with Crippen LogP contribution in [0.4, 0.5) is 0 Å². The van der Waals surface area contributed by atoms with Crippen LogP contribution in [0.3, 0.4) is 0 Å². The number of methoxy groups -OCH3 is 1. The molecule has 13 heavy (non-hydrogen) atoms. The van der Waals surface area contributed by atoms with Gasteiger partial charge in [0.15, 0.2) is 0 Å². The van der Waals surface area contributed by atoms with Gasteiger partial charge in [0.2, 0.25) is 0 Å². The maximum atomic E-state index is 5.21. The Morgan fingerprint density at radius 1 is 1.54 bits per heavy atom. The molecule has 0 aromatic carbocycles. The van der Waals surface area contributed by atoms with Crippen molar-refractivity contribution in [2.75, 3.05) is 7.11 Å². The Balaban J connectivity index is 2.77. The summed E-state index contributed by atoms with van der Waals surface area (Å²) in [4.78, 5) is 4.22. The molecule has 0 aliphatic heterocycles. The normalized spacial score (nSPS) is 10.7. The summed E-state index contributed by atoms with van der Waals surface area (Å²) in [7, 11) is 1.67. The molecule has 68 valence electrons. The van der Waals surface area contributed by atoms with Crippen molar-refractivity contribution in [3.8, 4) is 5.75 Å². The molecule has 0 radical (unpaired) electrons. The number of hydrogen-bond donors (Lipinski definition) is 0. The number of halogens is 1. The Kier molecular flexibility index (Phi) is 2.00. The van der Waals surface area contributed by atoms with Crippen molar-refractivity contribution in [3.05, 3.63) is 28.6 Å². The molecule has 2 rings (SSSR count). The highest BCUT2D eigenvalue weighted by Gasteiger charge is 2.04. The topological polar surface area (TPSA) is 26.5 Å². The van der Waals surface area contributed by atoms with Gasteiger partial charge in [0.25, 0.3) is 0 Å². The van der Waals surface area contributed by atoms with Gasteiger partial charge in [-0.3, -0.25) is 4.40 Å². The van der Waals surface area contributed by atoms with Gasteiger partial charge in [0, 0.05) is 0 Å². The van der Waals surface area contributed by atoms with Crippen LogP contribution in [-0.2, 0) is 0 Å². The summed E-state index contributed by atoms with van der Waals surface area (Å²) in [5, 5.41) is 0. The summed E-state index contributed by atoms with van der Waals surface area (Å²) in [6, 6.07) is 1.99. The predicted octanol–water partition coefficient (Wildman–Crippen LogP) is 2.41. The van der Waals surface area contributed by atoms with Crippen LogP contribution in [-0.4, -0.2) is 16.5 Å². The van der Waals surface area contributed by atoms with Crippen molar-refractivity contribution in [2.45, 2.75) is 6.92 Å². The highest BCUT2D eigenvalue weighted by atomic mass is 79.9. The second-order valence-electron chi connectivity index (χ2n) is 2.83. The first-order chi connectivity index (χ1) is 6.22. The molecule has 0 atom stereocenters. The third kappa shape index (κ3) is 1.31. The Bertz CT molecular complexity index is 450. The highest BCUT2D eigenvalue weighted by molar-refractivity contribution is 9.10. The average Bonchev–Trinajstić information content (AvgIpc) is 2.46. The van der Waals surface area contributed by atoms with Gasteiger partial charge in [0.05, 0.1) is 19.5 Å². The molecule has 0 bridgehead atoms. The lowest BCUT2D eigenvalue weighted by molar-refractivity contribution is 0.409. The number of aryl methyl sites for hydroxylation is 1. The third-order valence-electron chi connectivity index (χ3n) is 1.98. The van der Waals surface area contributed by atoms with Gasteiger partial charge >= 0.3 is 0 Å². The molecule has 0 aliphatic rings. The van der Waals surface area contributed by atoms with Crippen LogP contribution in [0.25, 0.3) is 5.65 Å². The Hall–Kier alpha value is -1.03. The third-order valence-corrected chi connectivity index (χ3v) is 2.57. The van der Waals surface area contributed by atoms with E-state index in [0.29, 0.717) is 0 Å². The van der Waals surface area contributed by atoms with Crippen LogP contribution >= 0.6 is 15.9 Å². The van der Waals surface area contributed by atoms with Crippen LogP contribution in [0.2, 0.25) is 0 Å². The zero-order chi connectivity index (χ0) is 9.42. The number of hydrogen-bond acceptors (Lipinski definition) is 2. The number of pyridine rings is 1. The predicted molar refractivity (Wildman–Crippen MR) is 54.2 cm³/mol. The van der Waals surface area contributed by atoms with Crippen molar-refractivity contribution in [1.29, 1.82) is 0 Å². The molecular weight excluding hydrogens is 232 g/mol. The maximum absolute atomic E-state index is 5.21. The zero-order valence-electron chi connectivity index (χ0n) is 7.41. The van der Waals surface area contributed by atoms with Crippen LogP contribution < -0.4 is 4.74 Å². The summed E-state index contributed by atoms with van der Waals surface area (Å²) < 4.78 is 8.08. The molecule has 0 amide bonds. The molecule has 4 heteroatoms. The minimum Gasteiger partial charge on any atom is -0.495 e. The van der Waals surface area contributed by atoms with E-state index in [0.717, 1.165) is 21.6 Å². The fourth-order valence-corrected chi connectivity index (χ4v) is 1.67. The largest absolute Gasteiger partial charge is 0.495 e. The SMILES string of the molecule is COc1cn2c(Br)cnc2cc1C. The van der Waals surface area contributed by atoms with Crippen LogP contribution in [0.5, 0.6) is 5.75 Å². The van der Waals surface area contributed by atoms with Crippen molar-refractivity contribution in [2.24, 2.45) is 0 Å². The molecular formula is C9H9BrN2O. The van der Waals surface area contributed by atoms with Crippen LogP contribution in [0.1, 0.15) is 5.56 Å². The fourth-order valence-electron chi connectivity index (χ4n) is 1.29. The minimum absolute atomic E-state index is 0.867. The summed E-state index contributed by atoms with van der Waals surface area (Å²) in [5.41, 5.74) is 2.01. The lowest BCUT2D eigenvalue weighted by atomic mass is 10.3. The van der Waals surface area contributed by atoms with E-state index in [4.69, 9.17) is 4.74 Å². The molecule has 0 saturated carbocycles. The van der Waals surface area contributed by atoms with E-state index in [1.165, 1.54) is 0 Å². The minimum atomic E-state index is 0.867. The maximum Gasteiger partial charge on any atom is 0.138 e. The van der Waals surface area contributed by atoms with Crippen molar-refractivity contribution >= 4 is 21.6 Å². The highest BCUT2D eigenvalue weighted by Crippen LogP contribution is 2.21. The van der Waals surface area contributed by atoms with E-state index in [1.54, 1.807) is 13.3 Å². The van der Waals surface area contributed by atoms with E-state index in [9.17, 15) is 0 Å². The first-order valence-corrected chi connectivity index (χ1v) is 4.69. The van der Waals surface area contributed by atoms with Gasteiger partial charge in [-0.1, -0.05) is 0 Å². The van der Waals surface area contributed by atoms with Gasteiger partial charge in [-0.15, -0.1) is 0 Å². The van der Waals surface area contributed by atoms with E-state index >= 15 is 0 Å². The molecule has 0 saturated heterocycles. The molecule has 0 unspecified atom stereocenters. The van der Waals surface area contributed by atoms with Crippen molar-refractivity contribution in [1.82, 2.24) is 9.38 Å². The standard InChI is InChI=1S/C9H9BrN2O/c1-6-3-9-11-4-8(10)12(9)5-7(6)13-2/h3-5H,1-2H3. The number of aromatic nitrogens is 2. The second-order valence-corrected chi connectivity index (χ2v) is 3.65. The monoisotopic (exact) mass is 240 g/mol. The van der Waals surface area contributed by atoms with Gasteiger partial charge in [-0.2, -0.15) is 0 Å². The van der Waals surface area contributed by atoms with Gasteiger partial charge < -0.3 is 4.74 Å². The van der Waals surface area contributed by atoms with Crippen molar-refractivity contribution in [3.63, 3.8) is 0 Å². The Morgan fingerprint density at radius 3 is 3.00 bits per heavy atom. The molecule has 0 aliphatic carbocycles. The summed E-state index contributed by atoms with van der Waals surface area (Å²) in [6.07, 6.45) is 3.69. The van der Waals surface area contributed by atoms with Crippen molar-refractivity contribution < 1.29 is 4.74 Å². The molecule has 0 N–H and O–H groups in total. The fraction of sp³-hybridized carbons (Fsp3) is 0.222. The van der Waals surface area contributed by atoms with Crippen LogP contribution in [0.15, 0.2) is 23.1 Å². The summed E-state index contributed by atoms with van der Waals surface area (Å²) in [5.74, 6) is 0.867. The molecule has 2 aromatic heterocycles. The smallest absolute Gasteiger partial charge is 0.138 e. The van der Waals surface area contributed by atoms with Gasteiger partial charge in [-0.05, 0) is 34.5 Å². The van der Waals surface area contributed by atoms with E-state index in [2.05, 4.69) is 20.9 Å². The Labute approximate surface area is 84.5 Å². The molecule has 0 fully saturated rings. The molecule has 0 spiro atoms. The van der Waals surface area contributed by atoms with Crippen LogP contribution in [0, 0.1) is 6.92 Å². The number of imidazole rings is 1. The van der Waals surface area contributed by atoms with Gasteiger partial charge in [0.1, 0.15) is 16.0 Å². The number of rotatable bonds is 1. The summed E-state index contributed by atoms with van der Waals surface area (Å²) >= 11 is 3.40. The average molecular weight is 241 g/mol. The molecule has 2 aromatic rings. The second kappa shape index (κ2) is 3.03. The Morgan fingerprint density at radius 2 is 2.31 bits per heavy atom. The van der Waals surface area contributed by atoms with E-state index < -0.39 is 0 Å². The summed E-state index contributed by atoms with van der Waals surface area (Å²) in [6.45, 7) is 2.00. The number of fused-ring (bicyclic) bond motifs is 1. The lowest BCUT2D eigenvalue weighted by Gasteiger charge is -2.05. The lowest BCUT2D eigenvalue weighted by Crippen LogP contribution is -1.92. The zero-order valence-corrected chi connectivity index (χ0v) is 9.00. The number of nitrogens with zero attached hydrogens (tertiary/aromatic N) is 2. The quantitative estimate of drug-likeness (QED) is 0.766. The molecule has 2 heterocycles. The first-order valence-electron chi connectivity index (χ1n) is 3.89. The first kappa shape index (κ1) is 8.56. The number of ether oxygens (including phenoxy) is 1.